The van der Waals surface area contributed by atoms with Crippen LogP contribution in [0.2, 0.25) is 5.02 Å². The summed E-state index contributed by atoms with van der Waals surface area (Å²) in [7, 11) is 0. The van der Waals surface area contributed by atoms with E-state index in [2.05, 4.69) is 5.32 Å². The van der Waals surface area contributed by atoms with Crippen molar-refractivity contribution in [3.8, 4) is 0 Å². The van der Waals surface area contributed by atoms with Crippen LogP contribution in [0.1, 0.15) is 39.1 Å². The minimum atomic E-state index is -4.43. The fourth-order valence-corrected chi connectivity index (χ4v) is 3.30. The first-order valence-electron chi connectivity index (χ1n) is 8.77. The molecule has 0 unspecified atom stereocenters. The van der Waals surface area contributed by atoms with E-state index in [9.17, 15) is 22.8 Å². The zero-order chi connectivity index (χ0) is 20.3. The second kappa shape index (κ2) is 8.22. The summed E-state index contributed by atoms with van der Waals surface area (Å²) >= 11 is 5.89. The number of nitrogens with one attached hydrogen (secondary N) is 1. The number of carbonyl (C=O) groups is 2. The lowest BCUT2D eigenvalue weighted by atomic mass is 10.0. The number of nitrogens with zero attached hydrogens (tertiary/aromatic N) is 1. The molecule has 148 valence electrons. The van der Waals surface area contributed by atoms with Crippen molar-refractivity contribution in [2.45, 2.75) is 25.1 Å². The van der Waals surface area contributed by atoms with Gasteiger partial charge in [-0.1, -0.05) is 17.7 Å². The molecule has 0 atom stereocenters. The van der Waals surface area contributed by atoms with Gasteiger partial charge in [-0.25, -0.2) is 0 Å². The topological polar surface area (TPSA) is 49.4 Å². The summed E-state index contributed by atoms with van der Waals surface area (Å²) in [5, 5.41) is 3.40. The smallest absolute Gasteiger partial charge is 0.349 e. The number of hydrogen-bond acceptors (Lipinski definition) is 2. The van der Waals surface area contributed by atoms with Crippen molar-refractivity contribution in [2.24, 2.45) is 0 Å². The lowest BCUT2D eigenvalue weighted by Crippen LogP contribution is -2.46. The van der Waals surface area contributed by atoms with E-state index in [1.54, 1.807) is 29.2 Å². The van der Waals surface area contributed by atoms with Crippen molar-refractivity contribution in [3.63, 3.8) is 0 Å². The van der Waals surface area contributed by atoms with E-state index in [0.29, 0.717) is 36.5 Å². The van der Waals surface area contributed by atoms with E-state index < -0.39 is 11.7 Å². The molecule has 1 aliphatic rings. The Kier molecular flexibility index (Phi) is 5.93. The summed E-state index contributed by atoms with van der Waals surface area (Å²) in [6, 6.07) is 10.8. The van der Waals surface area contributed by atoms with Gasteiger partial charge < -0.3 is 10.2 Å². The summed E-state index contributed by atoms with van der Waals surface area (Å²) in [6.07, 6.45) is -3.29. The van der Waals surface area contributed by atoms with Crippen LogP contribution < -0.4 is 5.32 Å². The quantitative estimate of drug-likeness (QED) is 0.815. The van der Waals surface area contributed by atoms with Crippen LogP contribution in [0.5, 0.6) is 0 Å². The zero-order valence-electron chi connectivity index (χ0n) is 14.8. The SMILES string of the molecule is O=C(NC1CCN(C(=O)c2ccc(C(F)(F)F)cc2)CC1)c1cccc(Cl)c1. The van der Waals surface area contributed by atoms with Gasteiger partial charge in [0.05, 0.1) is 5.56 Å². The largest absolute Gasteiger partial charge is 0.416 e. The predicted octanol–water partition coefficient (Wildman–Crippen LogP) is 4.39. The molecular weight excluding hydrogens is 393 g/mol. The first-order chi connectivity index (χ1) is 13.2. The highest BCUT2D eigenvalue weighted by molar-refractivity contribution is 6.30. The molecule has 2 aromatic rings. The van der Waals surface area contributed by atoms with E-state index in [0.717, 1.165) is 12.1 Å². The van der Waals surface area contributed by atoms with Crippen LogP contribution in [0.15, 0.2) is 48.5 Å². The normalized spacial score (nSPS) is 15.4. The van der Waals surface area contributed by atoms with Gasteiger partial charge in [-0.15, -0.1) is 0 Å². The number of amides is 2. The molecule has 2 aromatic carbocycles. The summed E-state index contributed by atoms with van der Waals surface area (Å²) < 4.78 is 37.9. The molecule has 0 spiro atoms. The van der Waals surface area contributed by atoms with Crippen LogP contribution in [0, 0.1) is 0 Å². The molecule has 0 aliphatic carbocycles. The maximum absolute atomic E-state index is 12.6. The number of benzene rings is 2. The summed E-state index contributed by atoms with van der Waals surface area (Å²) in [5.74, 6) is -0.539. The van der Waals surface area contributed by atoms with Crippen LogP contribution >= 0.6 is 11.6 Å². The van der Waals surface area contributed by atoms with E-state index in [1.807, 2.05) is 0 Å². The van der Waals surface area contributed by atoms with Gasteiger partial charge in [0, 0.05) is 35.3 Å². The van der Waals surface area contributed by atoms with E-state index in [4.69, 9.17) is 11.6 Å². The molecule has 0 aromatic heterocycles. The molecule has 2 amide bonds. The van der Waals surface area contributed by atoms with Gasteiger partial charge in [-0.05, 0) is 55.3 Å². The third-order valence-electron chi connectivity index (χ3n) is 4.66. The fourth-order valence-electron chi connectivity index (χ4n) is 3.11. The average molecular weight is 411 g/mol. The third-order valence-corrected chi connectivity index (χ3v) is 4.90. The molecule has 0 saturated carbocycles. The Balaban J connectivity index is 1.54. The number of rotatable bonds is 3. The molecule has 0 radical (unpaired) electrons. The molecule has 3 rings (SSSR count). The van der Waals surface area contributed by atoms with Gasteiger partial charge in [-0.2, -0.15) is 13.2 Å². The maximum atomic E-state index is 12.6. The molecule has 1 heterocycles. The van der Waals surface area contributed by atoms with Gasteiger partial charge in [0.1, 0.15) is 0 Å². The van der Waals surface area contributed by atoms with E-state index >= 15 is 0 Å². The average Bonchev–Trinajstić information content (AvgIpc) is 2.67. The number of carbonyl (C=O) groups excluding carboxylic acids is 2. The zero-order valence-corrected chi connectivity index (χ0v) is 15.6. The lowest BCUT2D eigenvalue weighted by Gasteiger charge is -2.32. The Bertz CT molecular complexity index is 860. The number of likely N-dealkylation sites (tertiary alicyclic amines) is 1. The summed E-state index contributed by atoms with van der Waals surface area (Å²) in [5.41, 5.74) is -0.100. The van der Waals surface area contributed by atoms with Gasteiger partial charge in [0.15, 0.2) is 0 Å². The van der Waals surface area contributed by atoms with Crippen molar-refractivity contribution in [1.29, 1.82) is 0 Å². The summed E-state index contributed by atoms with van der Waals surface area (Å²) in [4.78, 5) is 26.4. The maximum Gasteiger partial charge on any atom is 0.416 e. The Morgan fingerprint density at radius 1 is 1.00 bits per heavy atom. The van der Waals surface area contributed by atoms with Crippen LogP contribution in [0.3, 0.4) is 0 Å². The summed E-state index contributed by atoms with van der Waals surface area (Å²) in [6.45, 7) is 0.834. The number of alkyl halides is 3. The highest BCUT2D eigenvalue weighted by atomic mass is 35.5. The Morgan fingerprint density at radius 2 is 1.64 bits per heavy atom. The third kappa shape index (κ3) is 4.84. The van der Waals surface area contributed by atoms with Crippen molar-refractivity contribution < 1.29 is 22.8 Å². The molecule has 0 bridgehead atoms. The van der Waals surface area contributed by atoms with Gasteiger partial charge >= 0.3 is 6.18 Å². The molecule has 1 saturated heterocycles. The molecule has 1 aliphatic heterocycles. The van der Waals surface area contributed by atoms with Crippen LogP contribution in [-0.2, 0) is 6.18 Å². The number of piperidine rings is 1. The van der Waals surface area contributed by atoms with Crippen molar-refractivity contribution >= 4 is 23.4 Å². The number of halogens is 4. The Morgan fingerprint density at radius 3 is 2.21 bits per heavy atom. The van der Waals surface area contributed by atoms with Gasteiger partial charge in [0.25, 0.3) is 11.8 Å². The second-order valence-corrected chi connectivity index (χ2v) is 7.06. The number of hydrogen-bond donors (Lipinski definition) is 1. The van der Waals surface area contributed by atoms with Crippen LogP contribution in [0.4, 0.5) is 13.2 Å². The highest BCUT2D eigenvalue weighted by Gasteiger charge is 2.31. The first-order valence-corrected chi connectivity index (χ1v) is 9.15. The van der Waals surface area contributed by atoms with Crippen molar-refractivity contribution in [1.82, 2.24) is 10.2 Å². The molecule has 1 N–H and O–H groups in total. The standard InChI is InChI=1S/C20H18ClF3N2O2/c21-16-3-1-2-14(12-16)18(27)25-17-8-10-26(11-9-17)19(28)13-4-6-15(7-5-13)20(22,23)24/h1-7,12,17H,8-11H2,(H,25,27). The van der Waals surface area contributed by atoms with Crippen LogP contribution in [0.25, 0.3) is 0 Å². The lowest BCUT2D eigenvalue weighted by molar-refractivity contribution is -0.137. The van der Waals surface area contributed by atoms with E-state index in [-0.39, 0.29) is 23.4 Å². The Labute approximate surface area is 165 Å². The van der Waals surface area contributed by atoms with Gasteiger partial charge in [0.2, 0.25) is 0 Å². The first kappa shape index (κ1) is 20.2. The highest BCUT2D eigenvalue weighted by Crippen LogP contribution is 2.29. The molecule has 4 nitrogen and oxygen atoms in total. The van der Waals surface area contributed by atoms with Crippen molar-refractivity contribution in [3.05, 3.63) is 70.2 Å². The molecule has 8 heteroatoms. The van der Waals surface area contributed by atoms with Gasteiger partial charge in [-0.3, -0.25) is 9.59 Å². The minimum Gasteiger partial charge on any atom is -0.349 e. The minimum absolute atomic E-state index is 0.0804. The fraction of sp³-hybridized carbons (Fsp3) is 0.300. The molecule has 1 fully saturated rings. The Hall–Kier alpha value is -2.54. The second-order valence-electron chi connectivity index (χ2n) is 6.63. The van der Waals surface area contributed by atoms with E-state index in [1.165, 1.54) is 12.1 Å². The van der Waals surface area contributed by atoms with Crippen LogP contribution in [-0.4, -0.2) is 35.8 Å². The molecule has 28 heavy (non-hydrogen) atoms. The van der Waals surface area contributed by atoms with Crippen molar-refractivity contribution in [2.75, 3.05) is 13.1 Å². The predicted molar refractivity (Wildman–Crippen MR) is 99.3 cm³/mol. The molecular formula is C20H18ClF3N2O2. The monoisotopic (exact) mass is 410 g/mol.